The maximum atomic E-state index is 2.44. The first-order valence-corrected chi connectivity index (χ1v) is 7.11. The fourth-order valence-corrected chi connectivity index (χ4v) is 2.54. The highest BCUT2D eigenvalue weighted by atomic mass is 14.2. The molecule has 0 fully saturated rings. The molecule has 0 aromatic carbocycles. The molecule has 0 aromatic heterocycles. The minimum absolute atomic E-state index is 0.887. The largest absolute Gasteiger partial charge is 0.0654 e. The third-order valence-electron chi connectivity index (χ3n) is 3.68. The molecule has 0 N–H and O–H groups in total. The zero-order valence-corrected chi connectivity index (χ0v) is 11.7. The van der Waals surface area contributed by atoms with E-state index in [-0.39, 0.29) is 0 Å². The predicted octanol–water partition coefficient (Wildman–Crippen LogP) is 5.67. The number of hydrogen-bond acceptors (Lipinski definition) is 0. The Labute approximate surface area is 97.8 Å². The van der Waals surface area contributed by atoms with Gasteiger partial charge >= 0.3 is 0 Å². The van der Waals surface area contributed by atoms with Gasteiger partial charge in [0.15, 0.2) is 0 Å². The second-order valence-corrected chi connectivity index (χ2v) is 5.61. The molecule has 2 unspecified atom stereocenters. The Hall–Kier alpha value is 0. The van der Waals surface area contributed by atoms with Gasteiger partial charge < -0.3 is 0 Å². The minimum Gasteiger partial charge on any atom is -0.0654 e. The lowest BCUT2D eigenvalue weighted by Crippen LogP contribution is -2.10. The molecule has 0 spiro atoms. The van der Waals surface area contributed by atoms with Crippen LogP contribution in [0.15, 0.2) is 0 Å². The zero-order valence-electron chi connectivity index (χ0n) is 11.7. The van der Waals surface area contributed by atoms with Gasteiger partial charge in [0.1, 0.15) is 0 Å². The van der Waals surface area contributed by atoms with Gasteiger partial charge in [-0.15, -0.1) is 0 Å². The van der Waals surface area contributed by atoms with Crippen LogP contribution in [0.3, 0.4) is 0 Å². The SMILES string of the molecule is CCCC(C)C(CC)CCCCC(C)C. The summed E-state index contributed by atoms with van der Waals surface area (Å²) >= 11 is 0. The van der Waals surface area contributed by atoms with Crippen molar-refractivity contribution >= 4 is 0 Å². The fraction of sp³-hybridized carbons (Fsp3) is 1.00. The average Bonchev–Trinajstić information content (AvgIpc) is 2.17. The molecule has 0 nitrogen and oxygen atoms in total. The molecular formula is C15H32. The topological polar surface area (TPSA) is 0 Å². The van der Waals surface area contributed by atoms with Crippen LogP contribution in [0.25, 0.3) is 0 Å². The van der Waals surface area contributed by atoms with Gasteiger partial charge in [0.25, 0.3) is 0 Å². The molecule has 0 rings (SSSR count). The summed E-state index contributed by atoms with van der Waals surface area (Å²) in [6.07, 6.45) is 9.91. The van der Waals surface area contributed by atoms with Gasteiger partial charge in [-0.2, -0.15) is 0 Å². The number of unbranched alkanes of at least 4 members (excludes halogenated alkanes) is 1. The normalized spacial score (nSPS) is 15.6. The van der Waals surface area contributed by atoms with E-state index in [9.17, 15) is 0 Å². The Morgan fingerprint density at radius 2 is 1.40 bits per heavy atom. The van der Waals surface area contributed by atoms with Crippen molar-refractivity contribution in [2.75, 3.05) is 0 Å². The van der Waals surface area contributed by atoms with Crippen LogP contribution in [0.5, 0.6) is 0 Å². The third kappa shape index (κ3) is 7.88. The van der Waals surface area contributed by atoms with Gasteiger partial charge in [-0.1, -0.05) is 79.6 Å². The summed E-state index contributed by atoms with van der Waals surface area (Å²) in [5.74, 6) is 2.81. The lowest BCUT2D eigenvalue weighted by atomic mass is 9.84. The van der Waals surface area contributed by atoms with E-state index in [0.29, 0.717) is 0 Å². The van der Waals surface area contributed by atoms with E-state index in [4.69, 9.17) is 0 Å². The van der Waals surface area contributed by atoms with Crippen molar-refractivity contribution in [3.05, 3.63) is 0 Å². The molecule has 15 heavy (non-hydrogen) atoms. The molecule has 0 bridgehead atoms. The molecule has 0 saturated heterocycles. The smallest absolute Gasteiger partial charge is 0.0391 e. The quantitative estimate of drug-likeness (QED) is 0.432. The number of hydrogen-bond donors (Lipinski definition) is 0. The summed E-state index contributed by atoms with van der Waals surface area (Å²) in [5, 5.41) is 0. The molecule has 0 heterocycles. The van der Waals surface area contributed by atoms with E-state index in [1.165, 1.54) is 44.9 Å². The number of rotatable bonds is 9. The fourth-order valence-electron chi connectivity index (χ4n) is 2.54. The molecule has 0 aliphatic rings. The second kappa shape index (κ2) is 9.24. The molecule has 2 atom stereocenters. The Bertz CT molecular complexity index is 126. The van der Waals surface area contributed by atoms with E-state index in [1.807, 2.05) is 0 Å². The maximum absolute atomic E-state index is 2.44. The Kier molecular flexibility index (Phi) is 9.24. The van der Waals surface area contributed by atoms with E-state index < -0.39 is 0 Å². The minimum atomic E-state index is 0.887. The maximum Gasteiger partial charge on any atom is -0.0391 e. The van der Waals surface area contributed by atoms with Gasteiger partial charge in [0.05, 0.1) is 0 Å². The van der Waals surface area contributed by atoms with E-state index in [2.05, 4.69) is 34.6 Å². The molecule has 0 radical (unpaired) electrons. The van der Waals surface area contributed by atoms with Gasteiger partial charge in [-0.25, -0.2) is 0 Å². The van der Waals surface area contributed by atoms with E-state index in [1.54, 1.807) is 0 Å². The average molecular weight is 212 g/mol. The van der Waals surface area contributed by atoms with Crippen LogP contribution >= 0.6 is 0 Å². The molecular weight excluding hydrogens is 180 g/mol. The molecule has 92 valence electrons. The second-order valence-electron chi connectivity index (χ2n) is 5.61. The van der Waals surface area contributed by atoms with Crippen molar-refractivity contribution in [1.29, 1.82) is 0 Å². The van der Waals surface area contributed by atoms with Crippen LogP contribution in [-0.4, -0.2) is 0 Å². The van der Waals surface area contributed by atoms with Crippen molar-refractivity contribution in [3.63, 3.8) is 0 Å². The summed E-state index contributed by atoms with van der Waals surface area (Å²) in [4.78, 5) is 0. The molecule has 0 aliphatic carbocycles. The van der Waals surface area contributed by atoms with Crippen LogP contribution in [0, 0.1) is 17.8 Å². The Balaban J connectivity index is 3.60. The van der Waals surface area contributed by atoms with Crippen LogP contribution < -0.4 is 0 Å². The summed E-state index contributed by atoms with van der Waals surface area (Å²) in [7, 11) is 0. The van der Waals surface area contributed by atoms with Crippen LogP contribution in [-0.2, 0) is 0 Å². The van der Waals surface area contributed by atoms with Gasteiger partial charge in [0.2, 0.25) is 0 Å². The first kappa shape index (κ1) is 15.0. The highest BCUT2D eigenvalue weighted by Gasteiger charge is 2.13. The lowest BCUT2D eigenvalue weighted by molar-refractivity contribution is 0.295. The van der Waals surface area contributed by atoms with Crippen molar-refractivity contribution in [1.82, 2.24) is 0 Å². The van der Waals surface area contributed by atoms with Crippen molar-refractivity contribution in [2.45, 2.75) is 79.6 Å². The van der Waals surface area contributed by atoms with Gasteiger partial charge in [0, 0.05) is 0 Å². The standard InChI is InChI=1S/C15H32/c1-6-10-14(5)15(7-2)12-9-8-11-13(3)4/h13-15H,6-12H2,1-5H3. The Morgan fingerprint density at radius 3 is 1.87 bits per heavy atom. The van der Waals surface area contributed by atoms with Crippen molar-refractivity contribution in [3.8, 4) is 0 Å². The molecule has 0 saturated carbocycles. The summed E-state index contributed by atoms with van der Waals surface area (Å²) in [6, 6.07) is 0. The van der Waals surface area contributed by atoms with Crippen molar-refractivity contribution < 1.29 is 0 Å². The van der Waals surface area contributed by atoms with Gasteiger partial charge in [-0.05, 0) is 17.8 Å². The summed E-state index contributed by atoms with van der Waals surface area (Å²) in [6.45, 7) is 11.8. The first-order valence-electron chi connectivity index (χ1n) is 7.11. The molecule has 0 aromatic rings. The van der Waals surface area contributed by atoms with Crippen molar-refractivity contribution in [2.24, 2.45) is 17.8 Å². The van der Waals surface area contributed by atoms with Gasteiger partial charge in [-0.3, -0.25) is 0 Å². The summed E-state index contributed by atoms with van der Waals surface area (Å²) in [5.41, 5.74) is 0. The van der Waals surface area contributed by atoms with Crippen LogP contribution in [0.4, 0.5) is 0 Å². The molecule has 0 amide bonds. The lowest BCUT2D eigenvalue weighted by Gasteiger charge is -2.22. The van der Waals surface area contributed by atoms with E-state index >= 15 is 0 Å². The highest BCUT2D eigenvalue weighted by molar-refractivity contribution is 4.65. The highest BCUT2D eigenvalue weighted by Crippen LogP contribution is 2.26. The van der Waals surface area contributed by atoms with Crippen LogP contribution in [0.1, 0.15) is 79.6 Å². The predicted molar refractivity (Wildman–Crippen MR) is 71.2 cm³/mol. The Morgan fingerprint density at radius 1 is 0.800 bits per heavy atom. The first-order chi connectivity index (χ1) is 7.11. The van der Waals surface area contributed by atoms with Crippen LogP contribution in [0.2, 0.25) is 0 Å². The molecule has 0 aliphatic heterocycles. The van der Waals surface area contributed by atoms with E-state index in [0.717, 1.165) is 17.8 Å². The zero-order chi connectivity index (χ0) is 11.7. The molecule has 0 heteroatoms. The third-order valence-corrected chi connectivity index (χ3v) is 3.68. The monoisotopic (exact) mass is 212 g/mol. The summed E-state index contributed by atoms with van der Waals surface area (Å²) < 4.78 is 0.